The van der Waals surface area contributed by atoms with Crippen molar-refractivity contribution >= 4 is 28.9 Å². The number of imidazole rings is 1. The van der Waals surface area contributed by atoms with Crippen LogP contribution < -0.4 is 11.5 Å². The normalized spacial score (nSPS) is 12.2. The average Bonchev–Trinajstić information content (AvgIpc) is 3.25. The number of benzene rings is 1. The summed E-state index contributed by atoms with van der Waals surface area (Å²) in [5.74, 6) is 6.80. The number of nitrogens with zero attached hydrogens (tertiary/aromatic N) is 6. The van der Waals surface area contributed by atoms with Gasteiger partial charge in [-0.25, -0.2) is 19.9 Å². The number of amidine groups is 1. The van der Waals surface area contributed by atoms with Crippen molar-refractivity contribution in [3.8, 4) is 23.1 Å². The number of aliphatic imine (C=N–C) groups is 1. The molecule has 9 nitrogen and oxygen atoms in total. The van der Waals surface area contributed by atoms with E-state index in [1.165, 1.54) is 0 Å². The quantitative estimate of drug-likeness (QED) is 0.264. The van der Waals surface area contributed by atoms with Gasteiger partial charge in [0.1, 0.15) is 28.7 Å². The summed E-state index contributed by atoms with van der Waals surface area (Å²) < 4.78 is 1.86. The molecule has 1 amide bonds. The second kappa shape index (κ2) is 9.65. The maximum Gasteiger partial charge on any atom is 0.298 e. The first-order valence-electron chi connectivity index (χ1n) is 11.0. The third kappa shape index (κ3) is 4.68. The van der Waals surface area contributed by atoms with Crippen LogP contribution in [-0.2, 0) is 4.79 Å². The van der Waals surface area contributed by atoms with Gasteiger partial charge >= 0.3 is 0 Å². The Morgan fingerprint density at radius 1 is 1.17 bits per heavy atom. The minimum Gasteiger partial charge on any atom is -0.383 e. The highest BCUT2D eigenvalue weighted by Gasteiger charge is 2.24. The Balaban J connectivity index is 1.72. The third-order valence-corrected chi connectivity index (χ3v) is 5.70. The Morgan fingerprint density at radius 3 is 2.57 bits per heavy atom. The van der Waals surface area contributed by atoms with Gasteiger partial charge in [0.05, 0.1) is 6.04 Å². The molecule has 0 aliphatic rings. The summed E-state index contributed by atoms with van der Waals surface area (Å²) in [5.41, 5.74) is 16.4. The molecule has 4 rings (SSSR count). The number of nitrogens with two attached hydrogens (primary N) is 2. The Morgan fingerprint density at radius 2 is 1.91 bits per heavy atom. The maximum atomic E-state index is 12.3. The minimum absolute atomic E-state index is 0.289. The van der Waals surface area contributed by atoms with E-state index < -0.39 is 0 Å². The smallest absolute Gasteiger partial charge is 0.298 e. The van der Waals surface area contributed by atoms with Crippen molar-refractivity contribution in [2.24, 2.45) is 10.7 Å². The van der Waals surface area contributed by atoms with E-state index in [-0.39, 0.29) is 11.9 Å². The molecule has 0 spiro atoms. The highest BCUT2D eigenvalue weighted by molar-refractivity contribution is 5.99. The van der Waals surface area contributed by atoms with E-state index in [1.54, 1.807) is 37.5 Å². The number of pyridine rings is 1. The van der Waals surface area contributed by atoms with E-state index in [4.69, 9.17) is 16.5 Å². The lowest BCUT2D eigenvalue weighted by Gasteiger charge is -2.21. The molecule has 0 fully saturated rings. The molecule has 0 bridgehead atoms. The molecule has 4 N–H and O–H groups in total. The highest BCUT2D eigenvalue weighted by Crippen LogP contribution is 2.31. The van der Waals surface area contributed by atoms with Crippen molar-refractivity contribution in [3.63, 3.8) is 0 Å². The predicted molar refractivity (Wildman–Crippen MR) is 137 cm³/mol. The fourth-order valence-electron chi connectivity index (χ4n) is 3.64. The van der Waals surface area contributed by atoms with E-state index in [0.717, 1.165) is 16.7 Å². The molecular weight excluding hydrogens is 440 g/mol. The first kappa shape index (κ1) is 23.4. The van der Waals surface area contributed by atoms with Gasteiger partial charge in [-0.1, -0.05) is 36.3 Å². The molecule has 3 aromatic heterocycles. The maximum absolute atomic E-state index is 12.3. The minimum atomic E-state index is -0.351. The van der Waals surface area contributed by atoms with Crippen LogP contribution in [0.1, 0.15) is 36.8 Å². The molecule has 0 saturated heterocycles. The first-order chi connectivity index (χ1) is 16.8. The van der Waals surface area contributed by atoms with Crippen LogP contribution in [0.25, 0.3) is 16.8 Å². The van der Waals surface area contributed by atoms with E-state index in [1.807, 2.05) is 54.6 Å². The van der Waals surface area contributed by atoms with Crippen LogP contribution in [0, 0.1) is 18.8 Å². The topological polar surface area (TPSA) is 128 Å². The molecular formula is C26H26N8O. The summed E-state index contributed by atoms with van der Waals surface area (Å²) in [6.07, 6.45) is 5.14. The zero-order chi connectivity index (χ0) is 25.1. The van der Waals surface area contributed by atoms with Gasteiger partial charge in [-0.3, -0.25) is 9.20 Å². The molecule has 3 heterocycles. The summed E-state index contributed by atoms with van der Waals surface area (Å²) in [5, 5.41) is 0. The summed E-state index contributed by atoms with van der Waals surface area (Å²) in [6, 6.07) is 11.0. The summed E-state index contributed by atoms with van der Waals surface area (Å²) in [7, 11) is 1.70. The van der Waals surface area contributed by atoms with Gasteiger partial charge in [0.2, 0.25) is 0 Å². The molecule has 0 aliphatic heterocycles. The average molecular weight is 467 g/mol. The van der Waals surface area contributed by atoms with Gasteiger partial charge in [-0.05, 0) is 38.3 Å². The summed E-state index contributed by atoms with van der Waals surface area (Å²) in [4.78, 5) is 31.7. The standard InChI is InChI=1S/C26H26N8O/c1-5-6-21(35)33(4)17(3)26-32-22(23-25(28)29-13-14-34(23)26)18-8-10-19(11-9-18)24(27)31-20-12-7-16(2)15-30-20/h7-15,17H,1-4H3,(H2,28,29)(H2,27,30,31)/t17-/m0/s1. The zero-order valence-electron chi connectivity index (χ0n) is 20.0. The van der Waals surface area contributed by atoms with Crippen molar-refractivity contribution < 1.29 is 4.79 Å². The van der Waals surface area contributed by atoms with Crippen LogP contribution in [0.15, 0.2) is 60.0 Å². The van der Waals surface area contributed by atoms with E-state index in [0.29, 0.717) is 34.5 Å². The number of nitrogen functional groups attached to an aromatic ring is 1. The van der Waals surface area contributed by atoms with Crippen LogP contribution in [0.2, 0.25) is 0 Å². The number of aromatic nitrogens is 4. The third-order valence-electron chi connectivity index (χ3n) is 5.70. The van der Waals surface area contributed by atoms with Crippen LogP contribution in [0.5, 0.6) is 0 Å². The van der Waals surface area contributed by atoms with Crippen molar-refractivity contribution in [2.45, 2.75) is 26.8 Å². The molecule has 1 atom stereocenters. The van der Waals surface area contributed by atoms with E-state index >= 15 is 0 Å². The van der Waals surface area contributed by atoms with Crippen molar-refractivity contribution in [2.75, 3.05) is 12.8 Å². The summed E-state index contributed by atoms with van der Waals surface area (Å²) in [6.45, 7) is 5.49. The van der Waals surface area contributed by atoms with E-state index in [9.17, 15) is 4.79 Å². The van der Waals surface area contributed by atoms with Gasteiger partial charge in [-0.2, -0.15) is 0 Å². The number of fused-ring (bicyclic) bond motifs is 1. The lowest BCUT2D eigenvalue weighted by atomic mass is 10.1. The van der Waals surface area contributed by atoms with Crippen LogP contribution in [0.3, 0.4) is 0 Å². The Hall–Kier alpha value is -4.71. The number of hydrogen-bond donors (Lipinski definition) is 2. The lowest BCUT2D eigenvalue weighted by molar-refractivity contribution is -0.125. The number of amides is 1. The largest absolute Gasteiger partial charge is 0.383 e. The monoisotopic (exact) mass is 466 g/mol. The molecule has 35 heavy (non-hydrogen) atoms. The molecule has 4 aromatic rings. The van der Waals surface area contributed by atoms with Crippen LogP contribution in [-0.4, -0.2) is 43.0 Å². The number of carbonyl (C=O) groups is 1. The van der Waals surface area contributed by atoms with Crippen molar-refractivity contribution in [1.82, 2.24) is 24.3 Å². The first-order valence-corrected chi connectivity index (χ1v) is 11.0. The SMILES string of the molecule is CC#CC(=O)N(C)[C@@H](C)c1nc(-c2ccc(C(N)=Nc3ccc(C)cn3)cc2)c2c(N)nccn12. The van der Waals surface area contributed by atoms with Gasteiger partial charge in [0, 0.05) is 36.8 Å². The number of carbonyl (C=O) groups excluding carboxylic acids is 1. The summed E-state index contributed by atoms with van der Waals surface area (Å²) >= 11 is 0. The molecule has 176 valence electrons. The molecule has 0 radical (unpaired) electrons. The van der Waals surface area contributed by atoms with Crippen LogP contribution in [0.4, 0.5) is 11.6 Å². The molecule has 1 aromatic carbocycles. The number of rotatable bonds is 5. The Bertz CT molecular complexity index is 1470. The van der Waals surface area contributed by atoms with Gasteiger partial charge in [0.15, 0.2) is 5.82 Å². The van der Waals surface area contributed by atoms with Gasteiger partial charge in [0.25, 0.3) is 5.91 Å². The number of hydrogen-bond acceptors (Lipinski definition) is 6. The van der Waals surface area contributed by atoms with Gasteiger partial charge < -0.3 is 16.4 Å². The fourth-order valence-corrected chi connectivity index (χ4v) is 3.64. The van der Waals surface area contributed by atoms with E-state index in [2.05, 4.69) is 26.8 Å². The molecule has 0 saturated carbocycles. The fraction of sp³-hybridized carbons (Fsp3) is 0.192. The Labute approximate surface area is 203 Å². The van der Waals surface area contributed by atoms with Crippen LogP contribution >= 0.6 is 0 Å². The lowest BCUT2D eigenvalue weighted by Crippen LogP contribution is -2.29. The zero-order valence-corrected chi connectivity index (χ0v) is 20.0. The second-order valence-electron chi connectivity index (χ2n) is 8.08. The molecule has 0 aliphatic carbocycles. The molecule has 0 unspecified atom stereocenters. The number of aryl methyl sites for hydroxylation is 1. The van der Waals surface area contributed by atoms with Crippen molar-refractivity contribution in [3.05, 3.63) is 71.9 Å². The second-order valence-corrected chi connectivity index (χ2v) is 8.08. The number of anilines is 1. The van der Waals surface area contributed by atoms with Crippen molar-refractivity contribution in [1.29, 1.82) is 0 Å². The molecule has 9 heteroatoms. The van der Waals surface area contributed by atoms with Gasteiger partial charge in [-0.15, -0.1) is 0 Å². The predicted octanol–water partition coefficient (Wildman–Crippen LogP) is 3.26. The Kier molecular flexibility index (Phi) is 6.46. The highest BCUT2D eigenvalue weighted by atomic mass is 16.2.